The van der Waals surface area contributed by atoms with Crippen LogP contribution in [0.1, 0.15) is 37.7 Å². The summed E-state index contributed by atoms with van der Waals surface area (Å²) in [5.74, 6) is -1.52. The molecule has 0 N–H and O–H groups in total. The van der Waals surface area contributed by atoms with Crippen LogP contribution in [0, 0.1) is 17.0 Å². The predicted octanol–water partition coefficient (Wildman–Crippen LogP) is 4.80. The summed E-state index contributed by atoms with van der Waals surface area (Å²) in [6.45, 7) is 2.29. The third kappa shape index (κ3) is 7.08. The monoisotopic (exact) mass is 531 g/mol. The summed E-state index contributed by atoms with van der Waals surface area (Å²) in [6.07, 6.45) is 5.31. The van der Waals surface area contributed by atoms with Crippen molar-refractivity contribution in [2.75, 3.05) is 33.4 Å². The number of nitrogens with zero attached hydrogens (tertiary/aromatic N) is 2. The summed E-state index contributed by atoms with van der Waals surface area (Å²) in [4.78, 5) is 18.2. The van der Waals surface area contributed by atoms with Crippen LogP contribution in [0.5, 0.6) is 11.5 Å². The smallest absolute Gasteiger partial charge is 0.129 e. The Kier molecular flexibility index (Phi) is 8.82. The number of hydrogen-bond donors (Lipinski definition) is 0. The second-order valence-electron chi connectivity index (χ2n) is 9.67. The molecule has 1 aliphatic heterocycles. The van der Waals surface area contributed by atoms with Gasteiger partial charge in [0.1, 0.15) is 29.7 Å². The van der Waals surface area contributed by atoms with Crippen LogP contribution in [0.4, 0.5) is 8.78 Å². The van der Waals surface area contributed by atoms with E-state index in [2.05, 4.69) is 9.88 Å². The second kappa shape index (κ2) is 12.0. The molecule has 6 nitrogen and oxygen atoms in total. The minimum atomic E-state index is -1.04. The summed E-state index contributed by atoms with van der Waals surface area (Å²) in [5.41, 5.74) is 1.47. The number of carbonyl (C=O) groups is 1. The highest BCUT2D eigenvalue weighted by Gasteiger charge is 2.34. The van der Waals surface area contributed by atoms with Gasteiger partial charge in [-0.1, -0.05) is 11.6 Å². The molecule has 0 saturated carbocycles. The van der Waals surface area contributed by atoms with Crippen LogP contribution in [-0.2, 0) is 11.2 Å². The van der Waals surface area contributed by atoms with Crippen LogP contribution in [0.3, 0.4) is 0 Å². The molecule has 4 rings (SSSR count). The van der Waals surface area contributed by atoms with E-state index >= 15 is 0 Å². The third-order valence-electron chi connectivity index (χ3n) is 7.22. The molecule has 0 bridgehead atoms. The molecule has 37 heavy (non-hydrogen) atoms. The number of aliphatic carboxylic acids is 1. The number of rotatable bonds is 11. The first-order valence-corrected chi connectivity index (χ1v) is 12.8. The van der Waals surface area contributed by atoms with Gasteiger partial charge in [0.05, 0.1) is 17.6 Å². The lowest BCUT2D eigenvalue weighted by Crippen LogP contribution is -2.44. The Hall–Kier alpha value is -2.97. The minimum absolute atomic E-state index is 0.0125. The van der Waals surface area contributed by atoms with Crippen LogP contribution in [-0.4, -0.2) is 49.2 Å². The lowest BCUT2D eigenvalue weighted by molar-refractivity contribution is -0.308. The average molecular weight is 532 g/mol. The first kappa shape index (κ1) is 27.1. The van der Waals surface area contributed by atoms with Crippen molar-refractivity contribution in [1.82, 2.24) is 9.88 Å². The Morgan fingerprint density at radius 2 is 1.86 bits per heavy atom. The number of hydrogen-bond acceptors (Lipinski definition) is 6. The van der Waals surface area contributed by atoms with Crippen molar-refractivity contribution in [3.8, 4) is 11.5 Å². The number of piperidine rings is 1. The maximum Gasteiger partial charge on any atom is 0.129 e. The van der Waals surface area contributed by atoms with Crippen molar-refractivity contribution < 1.29 is 28.2 Å². The van der Waals surface area contributed by atoms with Crippen molar-refractivity contribution in [2.24, 2.45) is 5.41 Å². The van der Waals surface area contributed by atoms with Crippen molar-refractivity contribution >= 4 is 28.5 Å². The van der Waals surface area contributed by atoms with Gasteiger partial charge in [-0.3, -0.25) is 9.88 Å². The Bertz CT molecular complexity index is 1230. The Morgan fingerprint density at radius 1 is 1.14 bits per heavy atom. The summed E-state index contributed by atoms with van der Waals surface area (Å²) in [7, 11) is 1.61. The summed E-state index contributed by atoms with van der Waals surface area (Å²) in [5, 5.41) is 13.1. The number of carboxylic acids is 1. The summed E-state index contributed by atoms with van der Waals surface area (Å²) < 4.78 is 37.6. The van der Waals surface area contributed by atoms with Crippen LogP contribution >= 0.6 is 11.6 Å². The number of carbonyl (C=O) groups excluding carboxylic acids is 1. The lowest BCUT2D eigenvalue weighted by atomic mass is 9.72. The van der Waals surface area contributed by atoms with Crippen molar-refractivity contribution in [3.63, 3.8) is 0 Å². The first-order chi connectivity index (χ1) is 17.8. The van der Waals surface area contributed by atoms with E-state index < -0.39 is 17.6 Å². The maximum absolute atomic E-state index is 13.3. The SMILES string of the molecule is COc1ccc2ncc(Cl)c(CCCC3(CC(=O)[O-])CCN(CCOc4cc(F)cc(F)c4)CC3)c2c1. The van der Waals surface area contributed by atoms with Gasteiger partial charge in [-0.2, -0.15) is 0 Å². The number of methoxy groups -OCH3 is 1. The van der Waals surface area contributed by atoms with Gasteiger partial charge in [-0.05, 0) is 80.8 Å². The Labute approximate surface area is 220 Å². The second-order valence-corrected chi connectivity index (χ2v) is 10.1. The fourth-order valence-electron chi connectivity index (χ4n) is 5.20. The van der Waals surface area contributed by atoms with E-state index in [9.17, 15) is 18.7 Å². The lowest BCUT2D eigenvalue weighted by Gasteiger charge is -2.42. The van der Waals surface area contributed by atoms with E-state index in [-0.39, 0.29) is 24.2 Å². The zero-order valence-corrected chi connectivity index (χ0v) is 21.5. The minimum Gasteiger partial charge on any atom is -0.550 e. The zero-order chi connectivity index (χ0) is 26.4. The number of aryl methyl sites for hydroxylation is 1. The van der Waals surface area contributed by atoms with Gasteiger partial charge < -0.3 is 19.4 Å². The highest BCUT2D eigenvalue weighted by atomic mass is 35.5. The summed E-state index contributed by atoms with van der Waals surface area (Å²) in [6, 6.07) is 8.79. The molecule has 1 saturated heterocycles. The van der Waals surface area contributed by atoms with E-state index in [1.165, 1.54) is 0 Å². The molecule has 1 aromatic heterocycles. The molecule has 1 aliphatic rings. The number of aromatic nitrogens is 1. The molecule has 0 atom stereocenters. The molecule has 0 spiro atoms. The molecule has 0 unspecified atom stereocenters. The highest BCUT2D eigenvalue weighted by Crippen LogP contribution is 2.40. The predicted molar refractivity (Wildman–Crippen MR) is 136 cm³/mol. The number of carboxylic acid groups (broad SMARTS) is 1. The average Bonchev–Trinajstić information content (AvgIpc) is 2.85. The van der Waals surface area contributed by atoms with E-state index in [1.54, 1.807) is 13.3 Å². The number of ether oxygens (including phenoxy) is 2. The number of fused-ring (bicyclic) bond motifs is 1. The van der Waals surface area contributed by atoms with Crippen LogP contribution in [0.2, 0.25) is 5.02 Å². The zero-order valence-electron chi connectivity index (χ0n) is 20.8. The Morgan fingerprint density at radius 3 is 2.54 bits per heavy atom. The third-order valence-corrected chi connectivity index (χ3v) is 7.54. The van der Waals surface area contributed by atoms with Crippen LogP contribution in [0.25, 0.3) is 10.9 Å². The van der Waals surface area contributed by atoms with E-state index in [1.807, 2.05) is 18.2 Å². The molecular formula is C28H30ClF2N2O4-. The van der Waals surface area contributed by atoms with Gasteiger partial charge in [0.15, 0.2) is 0 Å². The van der Waals surface area contributed by atoms with Crippen molar-refractivity contribution in [2.45, 2.75) is 38.5 Å². The molecule has 3 aromatic rings. The molecule has 0 amide bonds. The van der Waals surface area contributed by atoms with Gasteiger partial charge in [-0.25, -0.2) is 8.78 Å². The highest BCUT2D eigenvalue weighted by molar-refractivity contribution is 6.32. The van der Waals surface area contributed by atoms with E-state index in [0.717, 1.165) is 53.3 Å². The first-order valence-electron chi connectivity index (χ1n) is 12.4. The van der Waals surface area contributed by atoms with Crippen LogP contribution < -0.4 is 14.6 Å². The quantitative estimate of drug-likeness (QED) is 0.354. The number of halogens is 3. The molecule has 2 aromatic carbocycles. The Balaban J connectivity index is 1.34. The van der Waals surface area contributed by atoms with Gasteiger partial charge >= 0.3 is 0 Å². The number of likely N-dealkylation sites (tertiary alicyclic amines) is 1. The fraction of sp³-hybridized carbons (Fsp3) is 0.429. The maximum atomic E-state index is 13.3. The van der Waals surface area contributed by atoms with E-state index in [4.69, 9.17) is 21.1 Å². The van der Waals surface area contributed by atoms with Gasteiger partial charge in [-0.15, -0.1) is 0 Å². The standard InChI is InChI=1S/C28H31ClF2N2O4/c1-36-21-4-5-26-24(16-21)23(25(29)18-32-26)3-2-6-28(17-27(34)35)7-9-33(10-8-28)11-12-37-22-14-19(30)13-20(31)15-22/h4-5,13-16,18H,2-3,6-12,17H2,1H3,(H,34,35)/p-1. The van der Waals surface area contributed by atoms with Crippen molar-refractivity contribution in [1.29, 1.82) is 0 Å². The topological polar surface area (TPSA) is 74.7 Å². The van der Waals surface area contributed by atoms with Gasteiger partial charge in [0.25, 0.3) is 0 Å². The molecular weight excluding hydrogens is 502 g/mol. The molecule has 198 valence electrons. The fourth-order valence-corrected chi connectivity index (χ4v) is 5.45. The van der Waals surface area contributed by atoms with Crippen molar-refractivity contribution in [3.05, 3.63) is 64.8 Å². The summed E-state index contributed by atoms with van der Waals surface area (Å²) >= 11 is 6.50. The van der Waals surface area contributed by atoms with Gasteiger partial charge in [0.2, 0.25) is 0 Å². The van der Waals surface area contributed by atoms with E-state index in [0.29, 0.717) is 43.9 Å². The molecule has 9 heteroatoms. The molecule has 2 heterocycles. The number of benzene rings is 2. The van der Waals surface area contributed by atoms with Gasteiger partial charge in [0, 0.05) is 42.3 Å². The molecule has 0 radical (unpaired) electrons. The number of pyridine rings is 1. The largest absolute Gasteiger partial charge is 0.550 e. The molecule has 1 fully saturated rings. The van der Waals surface area contributed by atoms with Crippen LogP contribution in [0.15, 0.2) is 42.6 Å². The molecule has 0 aliphatic carbocycles. The normalized spacial score (nSPS) is 15.6.